The van der Waals surface area contributed by atoms with E-state index < -0.39 is 0 Å². The third kappa shape index (κ3) is 2.71. The van der Waals surface area contributed by atoms with Crippen LogP contribution in [0.4, 0.5) is 5.82 Å². The summed E-state index contributed by atoms with van der Waals surface area (Å²) in [5, 5.41) is 12.6. The Balaban J connectivity index is 1.88. The standard InChI is InChI=1S/C18H19N3OS/c22-11-10-21(13-5-3-6-13)18-14-7-1-2-8-15(14)19-17(20-18)16-9-4-12-23-16/h1-2,4,7-9,12-13,22H,3,5-6,10-11H2. The first-order chi connectivity index (χ1) is 11.4. The number of aromatic nitrogens is 2. The molecule has 1 aromatic carbocycles. The molecule has 1 fully saturated rings. The van der Waals surface area contributed by atoms with Crippen molar-refractivity contribution in [3.63, 3.8) is 0 Å². The summed E-state index contributed by atoms with van der Waals surface area (Å²) in [6.45, 7) is 0.763. The van der Waals surface area contributed by atoms with E-state index in [2.05, 4.69) is 17.0 Å². The van der Waals surface area contributed by atoms with Gasteiger partial charge in [0.2, 0.25) is 0 Å². The highest BCUT2D eigenvalue weighted by molar-refractivity contribution is 7.13. The zero-order valence-electron chi connectivity index (χ0n) is 12.9. The van der Waals surface area contributed by atoms with Crippen molar-refractivity contribution in [1.82, 2.24) is 9.97 Å². The molecule has 1 N–H and O–H groups in total. The molecule has 4 rings (SSSR count). The van der Waals surface area contributed by atoms with E-state index in [0.29, 0.717) is 12.6 Å². The number of rotatable bonds is 5. The van der Waals surface area contributed by atoms with Crippen molar-refractivity contribution >= 4 is 28.1 Å². The summed E-state index contributed by atoms with van der Waals surface area (Å²) in [5.74, 6) is 1.73. The lowest BCUT2D eigenvalue weighted by Crippen LogP contribution is -2.42. The molecule has 0 amide bonds. The minimum absolute atomic E-state index is 0.142. The monoisotopic (exact) mass is 325 g/mol. The van der Waals surface area contributed by atoms with E-state index in [1.807, 2.05) is 29.6 Å². The van der Waals surface area contributed by atoms with Crippen molar-refractivity contribution < 1.29 is 5.11 Å². The van der Waals surface area contributed by atoms with Crippen LogP contribution in [0.5, 0.6) is 0 Å². The Morgan fingerprint density at radius 1 is 1.13 bits per heavy atom. The minimum atomic E-state index is 0.142. The van der Waals surface area contributed by atoms with Gasteiger partial charge in [-0.05, 0) is 42.8 Å². The van der Waals surface area contributed by atoms with E-state index in [4.69, 9.17) is 9.97 Å². The van der Waals surface area contributed by atoms with E-state index in [1.54, 1.807) is 11.3 Å². The average Bonchev–Trinajstić information content (AvgIpc) is 3.06. The lowest BCUT2D eigenvalue weighted by Gasteiger charge is -2.38. The second kappa shape index (κ2) is 6.26. The van der Waals surface area contributed by atoms with Crippen LogP contribution in [-0.2, 0) is 0 Å². The fraction of sp³-hybridized carbons (Fsp3) is 0.333. The van der Waals surface area contributed by atoms with Crippen molar-refractivity contribution in [2.75, 3.05) is 18.1 Å². The zero-order valence-corrected chi connectivity index (χ0v) is 13.7. The van der Waals surface area contributed by atoms with Crippen LogP contribution in [0.25, 0.3) is 21.6 Å². The van der Waals surface area contributed by atoms with Crippen LogP contribution in [0.1, 0.15) is 19.3 Å². The second-order valence-corrected chi connectivity index (χ2v) is 6.81. The number of aliphatic hydroxyl groups excluding tert-OH is 1. The number of anilines is 1. The number of nitrogens with zero attached hydrogens (tertiary/aromatic N) is 3. The largest absolute Gasteiger partial charge is 0.395 e. The Kier molecular flexibility index (Phi) is 3.97. The number of hydrogen-bond acceptors (Lipinski definition) is 5. The molecule has 5 heteroatoms. The molecule has 1 aliphatic rings. The van der Waals surface area contributed by atoms with E-state index >= 15 is 0 Å². The molecule has 0 aliphatic heterocycles. The molecule has 0 saturated heterocycles. The molecule has 118 valence electrons. The van der Waals surface area contributed by atoms with Gasteiger partial charge in [0.15, 0.2) is 5.82 Å². The molecular formula is C18H19N3OS. The normalized spacial score (nSPS) is 14.8. The third-order valence-corrected chi connectivity index (χ3v) is 5.32. The van der Waals surface area contributed by atoms with E-state index in [1.165, 1.54) is 19.3 Å². The van der Waals surface area contributed by atoms with Crippen LogP contribution in [-0.4, -0.2) is 34.3 Å². The van der Waals surface area contributed by atoms with E-state index in [9.17, 15) is 5.11 Å². The Morgan fingerprint density at radius 3 is 2.70 bits per heavy atom. The molecule has 1 saturated carbocycles. The lowest BCUT2D eigenvalue weighted by atomic mass is 9.91. The molecule has 0 bridgehead atoms. The highest BCUT2D eigenvalue weighted by Crippen LogP contribution is 2.34. The van der Waals surface area contributed by atoms with Gasteiger partial charge in [-0.15, -0.1) is 11.3 Å². The van der Waals surface area contributed by atoms with Gasteiger partial charge < -0.3 is 10.0 Å². The third-order valence-electron chi connectivity index (χ3n) is 4.45. The van der Waals surface area contributed by atoms with Crippen molar-refractivity contribution in [2.24, 2.45) is 0 Å². The van der Waals surface area contributed by atoms with Crippen LogP contribution in [0.15, 0.2) is 41.8 Å². The van der Waals surface area contributed by atoms with Gasteiger partial charge in [-0.1, -0.05) is 18.2 Å². The van der Waals surface area contributed by atoms with Crippen LogP contribution < -0.4 is 4.90 Å². The van der Waals surface area contributed by atoms with Crippen LogP contribution in [0, 0.1) is 0 Å². The van der Waals surface area contributed by atoms with Crippen molar-refractivity contribution in [3.8, 4) is 10.7 Å². The maximum atomic E-state index is 9.51. The van der Waals surface area contributed by atoms with Gasteiger partial charge in [0.25, 0.3) is 0 Å². The Morgan fingerprint density at radius 2 is 2.00 bits per heavy atom. The Hall–Kier alpha value is -1.98. The number of fused-ring (bicyclic) bond motifs is 1. The summed E-state index contributed by atoms with van der Waals surface area (Å²) in [5.41, 5.74) is 0.961. The fourth-order valence-electron chi connectivity index (χ4n) is 3.06. The predicted octanol–water partition coefficient (Wildman–Crippen LogP) is 3.71. The number of benzene rings is 1. The molecule has 0 spiro atoms. The number of para-hydroxylation sites is 1. The molecule has 4 nitrogen and oxygen atoms in total. The fourth-order valence-corrected chi connectivity index (χ4v) is 3.72. The summed E-state index contributed by atoms with van der Waals surface area (Å²) in [6, 6.07) is 12.7. The van der Waals surface area contributed by atoms with Crippen LogP contribution >= 0.6 is 11.3 Å². The summed E-state index contributed by atoms with van der Waals surface area (Å²) < 4.78 is 0. The van der Waals surface area contributed by atoms with Crippen molar-refractivity contribution in [1.29, 1.82) is 0 Å². The summed E-state index contributed by atoms with van der Waals surface area (Å²) in [6.07, 6.45) is 3.60. The van der Waals surface area contributed by atoms with Gasteiger partial charge in [0, 0.05) is 18.0 Å². The quantitative estimate of drug-likeness (QED) is 0.777. The predicted molar refractivity (Wildman–Crippen MR) is 94.9 cm³/mol. The molecule has 23 heavy (non-hydrogen) atoms. The molecule has 0 radical (unpaired) electrons. The van der Waals surface area contributed by atoms with Gasteiger partial charge in [-0.2, -0.15) is 0 Å². The van der Waals surface area contributed by atoms with E-state index in [0.717, 1.165) is 27.4 Å². The average molecular weight is 325 g/mol. The first-order valence-electron chi connectivity index (χ1n) is 8.05. The highest BCUT2D eigenvalue weighted by Gasteiger charge is 2.27. The zero-order chi connectivity index (χ0) is 15.6. The first kappa shape index (κ1) is 14.6. The Labute approximate surface area is 139 Å². The summed E-state index contributed by atoms with van der Waals surface area (Å²) in [7, 11) is 0. The van der Waals surface area contributed by atoms with Crippen molar-refractivity contribution in [3.05, 3.63) is 41.8 Å². The van der Waals surface area contributed by atoms with Gasteiger partial charge in [0.1, 0.15) is 5.82 Å². The summed E-state index contributed by atoms with van der Waals surface area (Å²) in [4.78, 5) is 13.0. The van der Waals surface area contributed by atoms with Gasteiger partial charge >= 0.3 is 0 Å². The van der Waals surface area contributed by atoms with Crippen LogP contribution in [0.2, 0.25) is 0 Å². The Bertz CT molecular complexity index is 799. The lowest BCUT2D eigenvalue weighted by molar-refractivity contribution is 0.283. The maximum Gasteiger partial charge on any atom is 0.172 e. The van der Waals surface area contributed by atoms with Gasteiger partial charge in [-0.25, -0.2) is 9.97 Å². The molecule has 0 atom stereocenters. The van der Waals surface area contributed by atoms with Crippen molar-refractivity contribution in [2.45, 2.75) is 25.3 Å². The maximum absolute atomic E-state index is 9.51. The topological polar surface area (TPSA) is 49.2 Å². The highest BCUT2D eigenvalue weighted by atomic mass is 32.1. The van der Waals surface area contributed by atoms with Crippen LogP contribution in [0.3, 0.4) is 0 Å². The number of hydrogen-bond donors (Lipinski definition) is 1. The SMILES string of the molecule is OCCN(c1nc(-c2cccs2)nc2ccccc12)C1CCC1. The molecule has 2 aromatic heterocycles. The molecular weight excluding hydrogens is 306 g/mol. The first-order valence-corrected chi connectivity index (χ1v) is 8.93. The molecule has 1 aliphatic carbocycles. The molecule has 2 heterocycles. The van der Waals surface area contributed by atoms with Gasteiger partial charge in [-0.3, -0.25) is 0 Å². The molecule has 3 aromatic rings. The summed E-state index contributed by atoms with van der Waals surface area (Å²) >= 11 is 1.65. The minimum Gasteiger partial charge on any atom is -0.395 e. The van der Waals surface area contributed by atoms with E-state index in [-0.39, 0.29) is 6.61 Å². The number of thiophene rings is 1. The smallest absolute Gasteiger partial charge is 0.172 e. The molecule has 0 unspecified atom stereocenters. The number of aliphatic hydroxyl groups is 1. The second-order valence-electron chi connectivity index (χ2n) is 5.87. The van der Waals surface area contributed by atoms with Gasteiger partial charge in [0.05, 0.1) is 17.0 Å².